The Balaban J connectivity index is 2.17. The molecule has 2 rings (SSSR count). The molecule has 0 saturated heterocycles. The van der Waals surface area contributed by atoms with Gasteiger partial charge in [0.15, 0.2) is 0 Å². The van der Waals surface area contributed by atoms with E-state index in [1.807, 2.05) is 0 Å². The molecule has 1 aromatic heterocycles. The van der Waals surface area contributed by atoms with Gasteiger partial charge in [-0.25, -0.2) is 9.37 Å². The van der Waals surface area contributed by atoms with Crippen molar-refractivity contribution >= 4 is 0 Å². The molecule has 0 saturated carbocycles. The van der Waals surface area contributed by atoms with Crippen LogP contribution in [0, 0.1) is 17.1 Å². The van der Waals surface area contributed by atoms with Gasteiger partial charge in [0.1, 0.15) is 18.5 Å². The molecule has 1 heterocycles. The van der Waals surface area contributed by atoms with Crippen molar-refractivity contribution in [3.05, 3.63) is 48.3 Å². The molecular weight excluding hydrogens is 207 g/mol. The lowest BCUT2D eigenvalue weighted by atomic mass is 10.0. The molecule has 0 N–H and O–H groups in total. The van der Waals surface area contributed by atoms with Crippen molar-refractivity contribution in [2.45, 2.75) is 12.5 Å². The van der Waals surface area contributed by atoms with Gasteiger partial charge in [0.05, 0.1) is 18.5 Å². The molecule has 2 aromatic rings. The fourth-order valence-electron chi connectivity index (χ4n) is 1.43. The second-order valence-corrected chi connectivity index (χ2v) is 3.35. The Bertz CT molecular complexity index is 484. The molecule has 0 aliphatic heterocycles. The first-order valence-corrected chi connectivity index (χ1v) is 4.77. The summed E-state index contributed by atoms with van der Waals surface area (Å²) in [6.45, 7) is 0.419. The van der Waals surface area contributed by atoms with Crippen LogP contribution < -0.4 is 0 Å². The van der Waals surface area contributed by atoms with Crippen molar-refractivity contribution < 1.29 is 4.39 Å². The van der Waals surface area contributed by atoms with E-state index in [4.69, 9.17) is 5.26 Å². The molecule has 1 unspecified atom stereocenters. The Morgan fingerprint density at radius 3 is 2.69 bits per heavy atom. The number of benzene rings is 1. The minimum absolute atomic E-state index is 0.304. The quantitative estimate of drug-likeness (QED) is 0.785. The predicted molar refractivity (Wildman–Crippen MR) is 54.8 cm³/mol. The van der Waals surface area contributed by atoms with Gasteiger partial charge in [0.2, 0.25) is 0 Å². The second kappa shape index (κ2) is 4.53. The largest absolute Gasteiger partial charge is 0.251 e. The molecule has 0 spiro atoms. The van der Waals surface area contributed by atoms with Gasteiger partial charge in [0, 0.05) is 0 Å². The zero-order valence-electron chi connectivity index (χ0n) is 8.42. The second-order valence-electron chi connectivity index (χ2n) is 3.35. The fraction of sp³-hybridized carbons (Fsp3) is 0.182. The topological polar surface area (TPSA) is 54.5 Å². The number of nitrogens with zero attached hydrogens (tertiary/aromatic N) is 4. The average Bonchev–Trinajstić information content (AvgIpc) is 2.80. The zero-order chi connectivity index (χ0) is 11.4. The van der Waals surface area contributed by atoms with Gasteiger partial charge in [-0.05, 0) is 17.7 Å². The summed E-state index contributed by atoms with van der Waals surface area (Å²) in [5, 5.41) is 13.0. The third kappa shape index (κ3) is 2.23. The van der Waals surface area contributed by atoms with E-state index in [0.717, 1.165) is 5.56 Å². The van der Waals surface area contributed by atoms with E-state index < -0.39 is 0 Å². The van der Waals surface area contributed by atoms with Gasteiger partial charge in [-0.1, -0.05) is 12.1 Å². The molecule has 0 bridgehead atoms. The molecule has 0 aliphatic carbocycles. The third-order valence-corrected chi connectivity index (χ3v) is 2.26. The van der Waals surface area contributed by atoms with Crippen LogP contribution in [0.2, 0.25) is 0 Å². The van der Waals surface area contributed by atoms with Gasteiger partial charge in [-0.3, -0.25) is 4.68 Å². The smallest absolute Gasteiger partial charge is 0.137 e. The van der Waals surface area contributed by atoms with Crippen molar-refractivity contribution in [3.8, 4) is 6.07 Å². The van der Waals surface area contributed by atoms with E-state index in [1.54, 1.807) is 23.1 Å². The molecule has 0 fully saturated rings. The number of halogens is 1. The number of hydrogen-bond acceptors (Lipinski definition) is 3. The monoisotopic (exact) mass is 216 g/mol. The Morgan fingerprint density at radius 1 is 1.38 bits per heavy atom. The molecule has 80 valence electrons. The Morgan fingerprint density at radius 2 is 2.12 bits per heavy atom. The summed E-state index contributed by atoms with van der Waals surface area (Å²) in [4.78, 5) is 3.80. The summed E-state index contributed by atoms with van der Waals surface area (Å²) in [5.74, 6) is -0.650. The number of rotatable bonds is 3. The van der Waals surface area contributed by atoms with E-state index in [2.05, 4.69) is 16.2 Å². The standard InChI is InChI=1S/C11H9FN4/c12-11-3-1-9(2-4-11)10(5-13)6-16-8-14-7-15-16/h1-4,7-8,10H,6H2. The molecule has 16 heavy (non-hydrogen) atoms. The summed E-state index contributed by atoms with van der Waals surface area (Å²) in [6.07, 6.45) is 2.97. The Hall–Kier alpha value is -2.22. The van der Waals surface area contributed by atoms with Crippen molar-refractivity contribution in [1.82, 2.24) is 14.8 Å². The average molecular weight is 216 g/mol. The van der Waals surface area contributed by atoms with E-state index in [-0.39, 0.29) is 11.7 Å². The van der Waals surface area contributed by atoms with Crippen LogP contribution in [0.4, 0.5) is 4.39 Å². The molecule has 0 amide bonds. The molecule has 1 aromatic carbocycles. The van der Waals surface area contributed by atoms with Gasteiger partial charge in [-0.15, -0.1) is 0 Å². The van der Waals surface area contributed by atoms with Gasteiger partial charge in [0.25, 0.3) is 0 Å². The van der Waals surface area contributed by atoms with Crippen LogP contribution in [0.5, 0.6) is 0 Å². The molecular formula is C11H9FN4. The van der Waals surface area contributed by atoms with Gasteiger partial charge in [-0.2, -0.15) is 10.4 Å². The minimum atomic E-state index is -0.345. The lowest BCUT2D eigenvalue weighted by molar-refractivity contribution is 0.575. The number of hydrogen-bond donors (Lipinski definition) is 0. The minimum Gasteiger partial charge on any atom is -0.251 e. The van der Waals surface area contributed by atoms with Crippen LogP contribution in [0.1, 0.15) is 11.5 Å². The highest BCUT2D eigenvalue weighted by atomic mass is 19.1. The van der Waals surface area contributed by atoms with Crippen LogP contribution in [0.3, 0.4) is 0 Å². The number of nitriles is 1. The highest BCUT2D eigenvalue weighted by Gasteiger charge is 2.11. The van der Waals surface area contributed by atoms with Crippen LogP contribution in [0.25, 0.3) is 0 Å². The zero-order valence-corrected chi connectivity index (χ0v) is 8.42. The SMILES string of the molecule is N#CC(Cn1cncn1)c1ccc(F)cc1. The molecule has 4 nitrogen and oxygen atoms in total. The van der Waals surface area contributed by atoms with Crippen LogP contribution in [0.15, 0.2) is 36.9 Å². The lowest BCUT2D eigenvalue weighted by Crippen LogP contribution is -2.08. The van der Waals surface area contributed by atoms with Crippen molar-refractivity contribution in [1.29, 1.82) is 5.26 Å². The first-order chi connectivity index (χ1) is 7.79. The summed E-state index contributed by atoms with van der Waals surface area (Å²) in [6, 6.07) is 8.08. The van der Waals surface area contributed by atoms with Crippen molar-refractivity contribution in [2.24, 2.45) is 0 Å². The first-order valence-electron chi connectivity index (χ1n) is 4.77. The predicted octanol–water partition coefficient (Wildman–Crippen LogP) is 1.72. The Labute approximate surface area is 92.0 Å². The molecule has 1 atom stereocenters. The lowest BCUT2D eigenvalue weighted by Gasteiger charge is -2.08. The summed E-state index contributed by atoms with van der Waals surface area (Å²) < 4.78 is 14.3. The van der Waals surface area contributed by atoms with Crippen molar-refractivity contribution in [2.75, 3.05) is 0 Å². The molecule has 5 heteroatoms. The first kappa shape index (κ1) is 10.3. The van der Waals surface area contributed by atoms with E-state index in [9.17, 15) is 4.39 Å². The van der Waals surface area contributed by atoms with Crippen LogP contribution in [-0.4, -0.2) is 14.8 Å². The van der Waals surface area contributed by atoms with Gasteiger partial charge >= 0.3 is 0 Å². The van der Waals surface area contributed by atoms with E-state index in [0.29, 0.717) is 6.54 Å². The van der Waals surface area contributed by atoms with Crippen LogP contribution >= 0.6 is 0 Å². The van der Waals surface area contributed by atoms with Gasteiger partial charge < -0.3 is 0 Å². The van der Waals surface area contributed by atoms with Crippen LogP contribution in [-0.2, 0) is 6.54 Å². The Kier molecular flexibility index (Phi) is 2.92. The molecule has 0 radical (unpaired) electrons. The summed E-state index contributed by atoms with van der Waals surface area (Å²) >= 11 is 0. The van der Waals surface area contributed by atoms with Crippen molar-refractivity contribution in [3.63, 3.8) is 0 Å². The maximum atomic E-state index is 12.7. The molecule has 0 aliphatic rings. The third-order valence-electron chi connectivity index (χ3n) is 2.26. The normalized spacial score (nSPS) is 12.0. The fourth-order valence-corrected chi connectivity index (χ4v) is 1.43. The number of aromatic nitrogens is 3. The van der Waals surface area contributed by atoms with E-state index >= 15 is 0 Å². The highest BCUT2D eigenvalue weighted by molar-refractivity contribution is 5.24. The summed E-state index contributed by atoms with van der Waals surface area (Å²) in [7, 11) is 0. The maximum Gasteiger partial charge on any atom is 0.137 e. The van der Waals surface area contributed by atoms with E-state index in [1.165, 1.54) is 18.5 Å². The maximum absolute atomic E-state index is 12.7. The highest BCUT2D eigenvalue weighted by Crippen LogP contribution is 2.17. The summed E-state index contributed by atoms with van der Waals surface area (Å²) in [5.41, 5.74) is 0.777.